The maximum atomic E-state index is 12.5. The van der Waals surface area contributed by atoms with Gasteiger partial charge in [-0.25, -0.2) is 17.5 Å². The second-order valence-electron chi connectivity index (χ2n) is 5.33. The molecule has 0 aliphatic heterocycles. The Kier molecular flexibility index (Phi) is 4.68. The Balaban J connectivity index is 2.37. The molecular formula is C13H15BrClNO4S. The molecule has 0 bridgehead atoms. The second kappa shape index (κ2) is 5.87. The summed E-state index contributed by atoms with van der Waals surface area (Å²) in [6.45, 7) is 2.51. The summed E-state index contributed by atoms with van der Waals surface area (Å²) in [5.41, 5.74) is -0.238. The fourth-order valence-corrected chi connectivity index (χ4v) is 4.21. The van der Waals surface area contributed by atoms with Gasteiger partial charge in [-0.15, -0.1) is 0 Å². The first-order chi connectivity index (χ1) is 9.64. The highest BCUT2D eigenvalue weighted by atomic mass is 79.9. The summed E-state index contributed by atoms with van der Waals surface area (Å²) in [5.74, 6) is -0.357. The third-order valence-electron chi connectivity index (χ3n) is 3.71. The van der Waals surface area contributed by atoms with E-state index in [2.05, 4.69) is 22.9 Å². The third kappa shape index (κ3) is 3.41. The van der Waals surface area contributed by atoms with Crippen LogP contribution in [0.2, 0.25) is 5.02 Å². The lowest BCUT2D eigenvalue weighted by Crippen LogP contribution is -2.29. The number of hydrogen-bond donors (Lipinski definition) is 1. The Hall–Kier alpha value is -0.630. The van der Waals surface area contributed by atoms with E-state index in [-0.39, 0.29) is 20.0 Å². The number of carboxylic acid groups (broad SMARTS) is 1. The molecule has 2 atom stereocenters. The number of carbonyl (C=O) groups is 1. The van der Waals surface area contributed by atoms with Crippen LogP contribution in [0.3, 0.4) is 0 Å². The lowest BCUT2D eigenvalue weighted by molar-refractivity contribution is 0.0696. The zero-order chi connectivity index (χ0) is 15.9. The molecule has 0 amide bonds. The molecule has 1 fully saturated rings. The Morgan fingerprint density at radius 3 is 2.57 bits per heavy atom. The molecule has 1 saturated carbocycles. The van der Waals surface area contributed by atoms with E-state index in [0.717, 1.165) is 12.5 Å². The maximum Gasteiger partial charge on any atom is 0.337 e. The van der Waals surface area contributed by atoms with Gasteiger partial charge >= 0.3 is 5.97 Å². The Morgan fingerprint density at radius 1 is 1.52 bits per heavy atom. The van der Waals surface area contributed by atoms with Crippen LogP contribution in [0.4, 0.5) is 0 Å². The standard InChI is InChI=1S/C13H15BrClNO4S/c1-7-3-8(7)6-16(2)21(19,20)9-4-10(13(17)18)12(15)11(14)5-9/h4-5,7-8H,3,6H2,1-2H3,(H,17,18). The molecule has 1 aromatic carbocycles. The number of aromatic carboxylic acids is 1. The zero-order valence-electron chi connectivity index (χ0n) is 11.5. The van der Waals surface area contributed by atoms with Crippen molar-refractivity contribution in [2.75, 3.05) is 13.6 Å². The smallest absolute Gasteiger partial charge is 0.337 e. The van der Waals surface area contributed by atoms with Gasteiger partial charge in [0, 0.05) is 18.1 Å². The van der Waals surface area contributed by atoms with Crippen molar-refractivity contribution in [2.45, 2.75) is 18.2 Å². The lowest BCUT2D eigenvalue weighted by atomic mass is 10.2. The van der Waals surface area contributed by atoms with Crippen LogP contribution in [0, 0.1) is 11.8 Å². The molecule has 2 unspecified atom stereocenters. The van der Waals surface area contributed by atoms with E-state index in [9.17, 15) is 13.2 Å². The van der Waals surface area contributed by atoms with Gasteiger partial charge in [0.05, 0.1) is 15.5 Å². The average molecular weight is 397 g/mol. The minimum atomic E-state index is -3.73. The Bertz CT molecular complexity index is 692. The molecule has 0 radical (unpaired) electrons. The highest BCUT2D eigenvalue weighted by molar-refractivity contribution is 9.10. The van der Waals surface area contributed by atoms with Gasteiger partial charge in [-0.05, 0) is 46.3 Å². The maximum absolute atomic E-state index is 12.5. The highest BCUT2D eigenvalue weighted by Gasteiger charge is 2.36. The van der Waals surface area contributed by atoms with Gasteiger partial charge in [0.2, 0.25) is 10.0 Å². The van der Waals surface area contributed by atoms with Crippen molar-refractivity contribution in [3.63, 3.8) is 0 Å². The Morgan fingerprint density at radius 2 is 2.10 bits per heavy atom. The van der Waals surface area contributed by atoms with E-state index < -0.39 is 16.0 Å². The number of hydrogen-bond acceptors (Lipinski definition) is 3. The van der Waals surface area contributed by atoms with E-state index in [4.69, 9.17) is 16.7 Å². The van der Waals surface area contributed by atoms with E-state index in [0.29, 0.717) is 18.4 Å². The molecule has 8 heteroatoms. The lowest BCUT2D eigenvalue weighted by Gasteiger charge is -2.18. The molecule has 2 rings (SSSR count). The largest absolute Gasteiger partial charge is 0.478 e. The minimum Gasteiger partial charge on any atom is -0.478 e. The number of halogens is 2. The molecule has 1 aliphatic rings. The normalized spacial score (nSPS) is 21.6. The van der Waals surface area contributed by atoms with Crippen molar-refractivity contribution in [1.82, 2.24) is 4.31 Å². The first-order valence-corrected chi connectivity index (χ1v) is 8.94. The van der Waals surface area contributed by atoms with E-state index in [1.165, 1.54) is 17.4 Å². The van der Waals surface area contributed by atoms with Crippen molar-refractivity contribution in [1.29, 1.82) is 0 Å². The molecule has 0 spiro atoms. The number of nitrogens with zero attached hydrogens (tertiary/aromatic N) is 1. The van der Waals surface area contributed by atoms with Crippen molar-refractivity contribution >= 4 is 43.5 Å². The van der Waals surface area contributed by atoms with Crippen LogP contribution in [0.15, 0.2) is 21.5 Å². The molecule has 1 aromatic rings. The van der Waals surface area contributed by atoms with Gasteiger partial charge in [0.1, 0.15) is 0 Å². The van der Waals surface area contributed by atoms with Crippen LogP contribution < -0.4 is 0 Å². The van der Waals surface area contributed by atoms with Crippen LogP contribution in [0.5, 0.6) is 0 Å². The van der Waals surface area contributed by atoms with E-state index >= 15 is 0 Å². The monoisotopic (exact) mass is 395 g/mol. The predicted molar refractivity (Wildman–Crippen MR) is 83.2 cm³/mol. The predicted octanol–water partition coefficient (Wildman–Crippen LogP) is 3.08. The molecule has 1 N–H and O–H groups in total. The summed E-state index contributed by atoms with van der Waals surface area (Å²) in [7, 11) is -2.23. The number of rotatable bonds is 5. The van der Waals surface area contributed by atoms with Gasteiger partial charge in [-0.3, -0.25) is 0 Å². The molecule has 21 heavy (non-hydrogen) atoms. The van der Waals surface area contributed by atoms with Crippen LogP contribution >= 0.6 is 27.5 Å². The van der Waals surface area contributed by atoms with Gasteiger partial charge in [-0.1, -0.05) is 18.5 Å². The van der Waals surface area contributed by atoms with Gasteiger partial charge in [-0.2, -0.15) is 0 Å². The van der Waals surface area contributed by atoms with Gasteiger partial charge in [0.15, 0.2) is 0 Å². The average Bonchev–Trinajstić information content (AvgIpc) is 3.07. The van der Waals surface area contributed by atoms with Crippen LogP contribution in [-0.4, -0.2) is 37.4 Å². The molecular weight excluding hydrogens is 382 g/mol. The summed E-state index contributed by atoms with van der Waals surface area (Å²) in [4.78, 5) is 11.1. The summed E-state index contributed by atoms with van der Waals surface area (Å²) >= 11 is 8.97. The first-order valence-electron chi connectivity index (χ1n) is 6.33. The minimum absolute atomic E-state index is 0.0140. The van der Waals surface area contributed by atoms with Crippen molar-refractivity contribution in [2.24, 2.45) is 11.8 Å². The number of sulfonamides is 1. The fourth-order valence-electron chi connectivity index (χ4n) is 2.13. The van der Waals surface area contributed by atoms with Crippen LogP contribution in [0.25, 0.3) is 0 Å². The van der Waals surface area contributed by atoms with Gasteiger partial charge < -0.3 is 5.11 Å². The fraction of sp³-hybridized carbons (Fsp3) is 0.462. The molecule has 0 saturated heterocycles. The zero-order valence-corrected chi connectivity index (χ0v) is 14.7. The SMILES string of the molecule is CC1CC1CN(C)S(=O)(=O)c1cc(Br)c(Cl)c(C(=O)O)c1. The van der Waals surface area contributed by atoms with Crippen LogP contribution in [0.1, 0.15) is 23.7 Å². The summed E-state index contributed by atoms with van der Waals surface area (Å²) in [6.07, 6.45) is 1.02. The summed E-state index contributed by atoms with van der Waals surface area (Å²) < 4.78 is 26.5. The van der Waals surface area contributed by atoms with Crippen molar-refractivity contribution in [3.8, 4) is 0 Å². The van der Waals surface area contributed by atoms with Crippen LogP contribution in [-0.2, 0) is 10.0 Å². The first kappa shape index (κ1) is 16.7. The van der Waals surface area contributed by atoms with E-state index in [1.807, 2.05) is 0 Å². The summed E-state index contributed by atoms with van der Waals surface area (Å²) in [6, 6.07) is 2.43. The number of benzene rings is 1. The molecule has 0 heterocycles. The number of carboxylic acids is 1. The van der Waals surface area contributed by atoms with Crippen molar-refractivity contribution < 1.29 is 18.3 Å². The van der Waals surface area contributed by atoms with E-state index in [1.54, 1.807) is 0 Å². The molecule has 5 nitrogen and oxygen atoms in total. The Labute approximate surface area is 137 Å². The molecule has 0 aromatic heterocycles. The molecule has 1 aliphatic carbocycles. The highest BCUT2D eigenvalue weighted by Crippen LogP contribution is 2.39. The quantitative estimate of drug-likeness (QED) is 0.830. The van der Waals surface area contributed by atoms with Gasteiger partial charge in [0.25, 0.3) is 0 Å². The second-order valence-corrected chi connectivity index (χ2v) is 8.61. The van der Waals surface area contributed by atoms with Crippen molar-refractivity contribution in [3.05, 3.63) is 27.2 Å². The summed E-state index contributed by atoms with van der Waals surface area (Å²) in [5, 5.41) is 9.08. The molecule has 116 valence electrons. The third-order valence-corrected chi connectivity index (χ3v) is 6.77. The topological polar surface area (TPSA) is 74.7 Å².